The molecule has 3 heterocycles. The lowest BCUT2D eigenvalue weighted by Gasteiger charge is -2.23. The number of hydrogen-bond donors (Lipinski definition) is 3. The molecule has 1 aliphatic rings. The summed E-state index contributed by atoms with van der Waals surface area (Å²) in [5, 5.41) is 21.0. The van der Waals surface area contributed by atoms with Crippen LogP contribution in [0.15, 0.2) is 59.7 Å². The predicted octanol–water partition coefficient (Wildman–Crippen LogP) is 3.32. The average Bonchev–Trinajstić information content (AvgIpc) is 3.32. The standard InChI is InChI=1S/C18H13FN4O3S/c19-10-3-5-11(6-4-10)21-17(24)12-9-20-23-14(15-2-1-7-27-15)8-13(18(25)26)22-16(12)23/h1-9,14,22H,(H,21,24)(H,25,26)/t14-/m1/s1. The largest absolute Gasteiger partial charge is 0.477 e. The van der Waals surface area contributed by atoms with Crippen LogP contribution in [0.1, 0.15) is 21.3 Å². The van der Waals surface area contributed by atoms with Gasteiger partial charge < -0.3 is 15.7 Å². The van der Waals surface area contributed by atoms with Gasteiger partial charge in [-0.25, -0.2) is 13.9 Å². The van der Waals surface area contributed by atoms with Crippen LogP contribution in [0.25, 0.3) is 0 Å². The van der Waals surface area contributed by atoms with E-state index in [1.807, 2.05) is 17.5 Å². The van der Waals surface area contributed by atoms with E-state index >= 15 is 0 Å². The lowest BCUT2D eigenvalue weighted by atomic mass is 10.1. The second-order valence-electron chi connectivity index (χ2n) is 5.78. The number of fused-ring (bicyclic) bond motifs is 1. The van der Waals surface area contributed by atoms with Crippen LogP contribution in [0.4, 0.5) is 15.9 Å². The summed E-state index contributed by atoms with van der Waals surface area (Å²) in [5.41, 5.74) is 0.575. The van der Waals surface area contributed by atoms with Crippen molar-refractivity contribution in [3.8, 4) is 0 Å². The Morgan fingerprint density at radius 3 is 2.70 bits per heavy atom. The molecule has 1 atom stereocenters. The number of halogens is 1. The molecule has 27 heavy (non-hydrogen) atoms. The van der Waals surface area contributed by atoms with Gasteiger partial charge in [0.05, 0.1) is 6.20 Å². The minimum atomic E-state index is -1.13. The van der Waals surface area contributed by atoms with Crippen LogP contribution in [0.5, 0.6) is 0 Å². The lowest BCUT2D eigenvalue weighted by molar-refractivity contribution is -0.132. The smallest absolute Gasteiger partial charge is 0.352 e. The molecule has 0 saturated heterocycles. The van der Waals surface area contributed by atoms with Crippen LogP contribution < -0.4 is 10.6 Å². The maximum Gasteiger partial charge on any atom is 0.352 e. The molecule has 1 amide bonds. The summed E-state index contributed by atoms with van der Waals surface area (Å²) in [6, 6.07) is 8.65. The summed E-state index contributed by atoms with van der Waals surface area (Å²) in [6.07, 6.45) is 2.93. The quantitative estimate of drug-likeness (QED) is 0.641. The Hall–Kier alpha value is -3.46. The van der Waals surface area contributed by atoms with E-state index in [1.54, 1.807) is 10.8 Å². The van der Waals surface area contributed by atoms with Gasteiger partial charge in [-0.2, -0.15) is 5.10 Å². The fourth-order valence-corrected chi connectivity index (χ4v) is 3.56. The van der Waals surface area contributed by atoms with Crippen molar-refractivity contribution in [3.63, 3.8) is 0 Å². The second-order valence-corrected chi connectivity index (χ2v) is 6.76. The minimum absolute atomic E-state index is 0.0303. The van der Waals surface area contributed by atoms with Gasteiger partial charge in [0, 0.05) is 10.6 Å². The number of carbonyl (C=O) groups is 2. The number of carboxylic acids is 1. The van der Waals surface area contributed by atoms with Crippen LogP contribution in [0, 0.1) is 5.82 Å². The van der Waals surface area contributed by atoms with Gasteiger partial charge in [0.15, 0.2) is 0 Å². The van der Waals surface area contributed by atoms with Crippen molar-refractivity contribution >= 4 is 34.7 Å². The average molecular weight is 384 g/mol. The summed E-state index contributed by atoms with van der Waals surface area (Å²) >= 11 is 1.47. The molecular formula is C18H13FN4O3S. The molecular weight excluding hydrogens is 371 g/mol. The number of carbonyl (C=O) groups excluding carboxylic acids is 1. The van der Waals surface area contributed by atoms with Gasteiger partial charge >= 0.3 is 5.97 Å². The third-order valence-corrected chi connectivity index (χ3v) is 4.99. The number of allylic oxidation sites excluding steroid dienone is 1. The highest BCUT2D eigenvalue weighted by Crippen LogP contribution is 2.34. The Labute approximate surface area is 156 Å². The SMILES string of the molecule is O=C(O)C1=C[C@H](c2cccs2)n2ncc(C(=O)Nc3ccc(F)cc3)c2N1. The highest BCUT2D eigenvalue weighted by atomic mass is 32.1. The summed E-state index contributed by atoms with van der Waals surface area (Å²) in [7, 11) is 0. The highest BCUT2D eigenvalue weighted by molar-refractivity contribution is 7.10. The number of nitrogens with one attached hydrogen (secondary N) is 2. The number of carboxylic acid groups (broad SMARTS) is 1. The zero-order chi connectivity index (χ0) is 19.0. The zero-order valence-electron chi connectivity index (χ0n) is 13.7. The van der Waals surface area contributed by atoms with Gasteiger partial charge in [-0.3, -0.25) is 4.79 Å². The number of anilines is 2. The lowest BCUT2D eigenvalue weighted by Crippen LogP contribution is -2.25. The minimum Gasteiger partial charge on any atom is -0.477 e. The third-order valence-electron chi connectivity index (χ3n) is 4.05. The van der Waals surface area contributed by atoms with Gasteiger partial charge in [0.25, 0.3) is 5.91 Å². The van der Waals surface area contributed by atoms with E-state index in [9.17, 15) is 19.1 Å². The monoisotopic (exact) mass is 384 g/mol. The summed E-state index contributed by atoms with van der Waals surface area (Å²) in [5.74, 6) is -1.73. The van der Waals surface area contributed by atoms with Crippen LogP contribution >= 0.6 is 11.3 Å². The van der Waals surface area contributed by atoms with Crippen molar-refractivity contribution in [2.75, 3.05) is 10.6 Å². The predicted molar refractivity (Wildman–Crippen MR) is 98.4 cm³/mol. The van der Waals surface area contributed by atoms with Crippen molar-refractivity contribution in [1.82, 2.24) is 9.78 Å². The van der Waals surface area contributed by atoms with Crippen LogP contribution in [0.2, 0.25) is 0 Å². The molecule has 3 N–H and O–H groups in total. The second kappa shape index (κ2) is 6.69. The summed E-state index contributed by atoms with van der Waals surface area (Å²) in [6.45, 7) is 0. The van der Waals surface area contributed by atoms with E-state index in [1.165, 1.54) is 41.8 Å². The van der Waals surface area contributed by atoms with Crippen molar-refractivity contribution < 1.29 is 19.1 Å². The molecule has 1 aliphatic heterocycles. The first-order valence-electron chi connectivity index (χ1n) is 7.93. The number of thiophene rings is 1. The van der Waals surface area contributed by atoms with E-state index < -0.39 is 23.7 Å². The van der Waals surface area contributed by atoms with Gasteiger partial charge in [-0.05, 0) is 41.8 Å². The number of nitrogens with zero attached hydrogens (tertiary/aromatic N) is 2. The molecule has 3 aromatic rings. The van der Waals surface area contributed by atoms with Crippen molar-refractivity contribution in [3.05, 3.63) is 76.0 Å². The van der Waals surface area contributed by atoms with Gasteiger partial charge in [-0.1, -0.05) is 6.07 Å². The Bertz CT molecular complexity index is 1040. The Morgan fingerprint density at radius 1 is 1.26 bits per heavy atom. The fraction of sp³-hybridized carbons (Fsp3) is 0.0556. The number of benzene rings is 1. The van der Waals surface area contributed by atoms with E-state index in [2.05, 4.69) is 15.7 Å². The molecule has 0 radical (unpaired) electrons. The first kappa shape index (κ1) is 17.0. The van der Waals surface area contributed by atoms with Gasteiger partial charge in [0.2, 0.25) is 0 Å². The van der Waals surface area contributed by atoms with Crippen molar-refractivity contribution in [2.24, 2.45) is 0 Å². The molecule has 0 bridgehead atoms. The Balaban J connectivity index is 1.69. The number of amides is 1. The maximum atomic E-state index is 13.0. The molecule has 0 spiro atoms. The Morgan fingerprint density at radius 2 is 2.04 bits per heavy atom. The van der Waals surface area contributed by atoms with E-state index in [0.717, 1.165) is 4.88 Å². The van der Waals surface area contributed by atoms with E-state index in [4.69, 9.17) is 0 Å². The molecule has 0 saturated carbocycles. The summed E-state index contributed by atoms with van der Waals surface area (Å²) in [4.78, 5) is 25.0. The highest BCUT2D eigenvalue weighted by Gasteiger charge is 2.29. The van der Waals surface area contributed by atoms with Crippen LogP contribution in [0.3, 0.4) is 0 Å². The van der Waals surface area contributed by atoms with Gasteiger partial charge in [-0.15, -0.1) is 11.3 Å². The number of hydrogen-bond acceptors (Lipinski definition) is 5. The van der Waals surface area contributed by atoms with Crippen LogP contribution in [-0.4, -0.2) is 26.8 Å². The molecule has 0 fully saturated rings. The molecule has 4 rings (SSSR count). The Kier molecular flexibility index (Phi) is 4.21. The normalized spacial score (nSPS) is 15.4. The topological polar surface area (TPSA) is 96.2 Å². The molecule has 136 valence electrons. The third kappa shape index (κ3) is 3.20. The maximum absolute atomic E-state index is 13.0. The molecule has 1 aromatic carbocycles. The molecule has 9 heteroatoms. The summed E-state index contributed by atoms with van der Waals surface area (Å²) < 4.78 is 14.6. The molecule has 0 aliphatic carbocycles. The first-order valence-corrected chi connectivity index (χ1v) is 8.81. The van der Waals surface area contributed by atoms with Crippen molar-refractivity contribution in [1.29, 1.82) is 0 Å². The first-order chi connectivity index (χ1) is 13.0. The molecule has 0 unspecified atom stereocenters. The van der Waals surface area contributed by atoms with E-state index in [-0.39, 0.29) is 17.1 Å². The molecule has 7 nitrogen and oxygen atoms in total. The fourth-order valence-electron chi connectivity index (χ4n) is 2.78. The molecule has 2 aromatic heterocycles. The van der Waals surface area contributed by atoms with E-state index in [0.29, 0.717) is 5.69 Å². The number of aromatic nitrogens is 2. The van der Waals surface area contributed by atoms with Crippen LogP contribution in [-0.2, 0) is 4.79 Å². The van der Waals surface area contributed by atoms with Crippen molar-refractivity contribution in [2.45, 2.75) is 6.04 Å². The van der Waals surface area contributed by atoms with Gasteiger partial charge in [0.1, 0.15) is 28.9 Å². The number of aliphatic carboxylic acids is 1. The number of rotatable bonds is 4. The zero-order valence-corrected chi connectivity index (χ0v) is 14.5.